The number of rotatable bonds is 2. The minimum atomic E-state index is -3.07. The molecule has 2 aliphatic heterocycles. The maximum Gasteiger partial charge on any atom is 0.257 e. The van der Waals surface area contributed by atoms with Gasteiger partial charge in [0.15, 0.2) is 9.84 Å². The second-order valence-corrected chi connectivity index (χ2v) is 11.3. The van der Waals surface area contributed by atoms with Crippen LogP contribution in [0.25, 0.3) is 0 Å². The Morgan fingerprint density at radius 3 is 2.55 bits per heavy atom. The summed E-state index contributed by atoms with van der Waals surface area (Å²) in [5.41, 5.74) is -0.591. The van der Waals surface area contributed by atoms with Crippen molar-refractivity contribution in [2.45, 2.75) is 50.2 Å². The number of likely N-dealkylation sites (N-methyl/N-ethyl adjacent to an activating group) is 1. The lowest BCUT2D eigenvalue weighted by atomic mass is 9.77. The van der Waals surface area contributed by atoms with Crippen LogP contribution in [0.1, 0.15) is 49.4 Å². The Bertz CT molecular complexity index is 936. The van der Waals surface area contributed by atoms with Crippen molar-refractivity contribution in [2.75, 3.05) is 25.1 Å². The Labute approximate surface area is 171 Å². The minimum absolute atomic E-state index is 0.00913. The topological polar surface area (TPSA) is 92.8 Å². The van der Waals surface area contributed by atoms with Gasteiger partial charge in [0.25, 0.3) is 5.91 Å². The highest BCUT2D eigenvalue weighted by Gasteiger charge is 2.45. The van der Waals surface area contributed by atoms with Gasteiger partial charge >= 0.3 is 0 Å². The molecule has 0 radical (unpaired) electrons. The van der Waals surface area contributed by atoms with E-state index in [2.05, 4.69) is 5.32 Å². The molecule has 0 bridgehead atoms. The quantitative estimate of drug-likeness (QED) is 0.787. The maximum atomic E-state index is 12.8. The second kappa shape index (κ2) is 7.00. The molecule has 1 aromatic carbocycles. The van der Waals surface area contributed by atoms with Crippen LogP contribution < -0.4 is 10.1 Å². The summed E-state index contributed by atoms with van der Waals surface area (Å²) in [4.78, 5) is 27.2. The SMILES string of the molecule is CN1CC2(CCC(C(=O)NC3(C)CCS(=O)(=O)C3)CC2)Oc2ccccc2C1=O. The molecule has 3 aliphatic rings. The summed E-state index contributed by atoms with van der Waals surface area (Å²) in [5.74, 6) is 0.461. The normalized spacial score (nSPS) is 33.7. The summed E-state index contributed by atoms with van der Waals surface area (Å²) in [5, 5.41) is 2.99. The van der Waals surface area contributed by atoms with Crippen LogP contribution in [0.2, 0.25) is 0 Å². The monoisotopic (exact) mass is 420 g/mol. The molecule has 7 nitrogen and oxygen atoms in total. The number of benzene rings is 1. The van der Waals surface area contributed by atoms with Gasteiger partial charge in [-0.15, -0.1) is 0 Å². The molecule has 2 fully saturated rings. The van der Waals surface area contributed by atoms with Crippen LogP contribution in [0.3, 0.4) is 0 Å². The summed E-state index contributed by atoms with van der Waals surface area (Å²) in [6, 6.07) is 7.30. The van der Waals surface area contributed by atoms with Gasteiger partial charge < -0.3 is 15.0 Å². The molecular weight excluding hydrogens is 392 g/mol. The van der Waals surface area contributed by atoms with E-state index in [9.17, 15) is 18.0 Å². The molecule has 1 unspecified atom stereocenters. The molecule has 1 saturated heterocycles. The first-order valence-corrected chi connectivity index (χ1v) is 12.0. The number of amides is 2. The molecule has 1 spiro atoms. The number of nitrogens with zero attached hydrogens (tertiary/aromatic N) is 1. The van der Waals surface area contributed by atoms with E-state index in [0.29, 0.717) is 50.0 Å². The van der Waals surface area contributed by atoms with Gasteiger partial charge in [-0.2, -0.15) is 0 Å². The predicted octanol–water partition coefficient (Wildman–Crippen LogP) is 1.77. The third-order valence-corrected chi connectivity index (χ3v) is 8.41. The van der Waals surface area contributed by atoms with Gasteiger partial charge in [-0.3, -0.25) is 9.59 Å². The number of sulfone groups is 1. The lowest BCUT2D eigenvalue weighted by Crippen LogP contribution is -2.52. The molecule has 158 valence electrons. The van der Waals surface area contributed by atoms with Crippen molar-refractivity contribution >= 4 is 21.7 Å². The first kappa shape index (κ1) is 20.2. The van der Waals surface area contributed by atoms with Crippen LogP contribution >= 0.6 is 0 Å². The Kier molecular flexibility index (Phi) is 4.88. The highest BCUT2D eigenvalue weighted by atomic mass is 32.2. The fraction of sp³-hybridized carbons (Fsp3) is 0.619. The van der Waals surface area contributed by atoms with Crippen LogP contribution in [0.4, 0.5) is 0 Å². The third kappa shape index (κ3) is 3.99. The number of para-hydroxylation sites is 1. The fourth-order valence-electron chi connectivity index (χ4n) is 4.88. The zero-order valence-electron chi connectivity index (χ0n) is 16.9. The Morgan fingerprint density at radius 1 is 1.21 bits per heavy atom. The summed E-state index contributed by atoms with van der Waals surface area (Å²) < 4.78 is 30.0. The number of carbonyl (C=O) groups is 2. The molecule has 2 amide bonds. The van der Waals surface area contributed by atoms with E-state index in [-0.39, 0.29) is 29.2 Å². The summed E-state index contributed by atoms with van der Waals surface area (Å²) in [6.45, 7) is 2.30. The van der Waals surface area contributed by atoms with Crippen molar-refractivity contribution in [2.24, 2.45) is 5.92 Å². The molecule has 1 aliphatic carbocycles. The van der Waals surface area contributed by atoms with Crippen LogP contribution in [0.15, 0.2) is 24.3 Å². The highest BCUT2D eigenvalue weighted by Crippen LogP contribution is 2.40. The van der Waals surface area contributed by atoms with Crippen molar-refractivity contribution in [3.05, 3.63) is 29.8 Å². The molecule has 0 aromatic heterocycles. The zero-order valence-corrected chi connectivity index (χ0v) is 17.8. The van der Waals surface area contributed by atoms with Crippen LogP contribution in [-0.4, -0.2) is 61.4 Å². The first-order chi connectivity index (χ1) is 13.6. The molecular formula is C21H28N2O5S. The van der Waals surface area contributed by atoms with Crippen molar-refractivity contribution < 1.29 is 22.7 Å². The van der Waals surface area contributed by atoms with Gasteiger partial charge in [-0.05, 0) is 51.2 Å². The Hall–Kier alpha value is -2.09. The van der Waals surface area contributed by atoms with Crippen LogP contribution in [0, 0.1) is 5.92 Å². The van der Waals surface area contributed by atoms with E-state index >= 15 is 0 Å². The van der Waals surface area contributed by atoms with Crippen molar-refractivity contribution in [1.29, 1.82) is 0 Å². The van der Waals surface area contributed by atoms with Crippen molar-refractivity contribution in [1.82, 2.24) is 10.2 Å². The molecule has 29 heavy (non-hydrogen) atoms. The van der Waals surface area contributed by atoms with E-state index in [0.717, 1.165) is 0 Å². The molecule has 1 aromatic rings. The summed E-state index contributed by atoms with van der Waals surface area (Å²) >= 11 is 0. The molecule has 2 heterocycles. The third-order valence-electron chi connectivity index (χ3n) is 6.51. The molecule has 8 heteroatoms. The van der Waals surface area contributed by atoms with E-state index in [1.165, 1.54) is 0 Å². The van der Waals surface area contributed by atoms with Gasteiger partial charge in [-0.25, -0.2) is 8.42 Å². The smallest absolute Gasteiger partial charge is 0.257 e. The number of hydrogen-bond acceptors (Lipinski definition) is 5. The molecule has 1 atom stereocenters. The largest absolute Gasteiger partial charge is 0.485 e. The van der Waals surface area contributed by atoms with Gasteiger partial charge in [-0.1, -0.05) is 12.1 Å². The van der Waals surface area contributed by atoms with Crippen molar-refractivity contribution in [3.63, 3.8) is 0 Å². The van der Waals surface area contributed by atoms with E-state index in [1.54, 1.807) is 18.0 Å². The Balaban J connectivity index is 1.44. The number of ether oxygens (including phenoxy) is 1. The highest BCUT2D eigenvalue weighted by molar-refractivity contribution is 7.91. The fourth-order valence-corrected chi connectivity index (χ4v) is 6.98. The summed E-state index contributed by atoms with van der Waals surface area (Å²) in [7, 11) is -1.28. The predicted molar refractivity (Wildman–Crippen MR) is 109 cm³/mol. The maximum absolute atomic E-state index is 12.8. The zero-order chi connectivity index (χ0) is 20.9. The number of hydrogen-bond donors (Lipinski definition) is 1. The molecule has 1 N–H and O–H groups in total. The average molecular weight is 421 g/mol. The second-order valence-electron chi connectivity index (χ2n) is 9.11. The van der Waals surface area contributed by atoms with Crippen LogP contribution in [-0.2, 0) is 14.6 Å². The number of carbonyl (C=O) groups excluding carboxylic acids is 2. The van der Waals surface area contributed by atoms with E-state index in [4.69, 9.17) is 4.74 Å². The Morgan fingerprint density at radius 2 is 1.90 bits per heavy atom. The molecule has 4 rings (SSSR count). The lowest BCUT2D eigenvalue weighted by Gasteiger charge is -2.41. The van der Waals surface area contributed by atoms with Gasteiger partial charge in [0.2, 0.25) is 5.91 Å². The summed E-state index contributed by atoms with van der Waals surface area (Å²) in [6.07, 6.45) is 3.11. The van der Waals surface area contributed by atoms with Gasteiger partial charge in [0.05, 0.1) is 29.2 Å². The lowest BCUT2D eigenvalue weighted by molar-refractivity contribution is -0.129. The van der Waals surface area contributed by atoms with Crippen molar-refractivity contribution in [3.8, 4) is 5.75 Å². The van der Waals surface area contributed by atoms with Gasteiger partial charge in [0, 0.05) is 13.0 Å². The van der Waals surface area contributed by atoms with Gasteiger partial charge in [0.1, 0.15) is 11.4 Å². The first-order valence-electron chi connectivity index (χ1n) is 10.2. The average Bonchev–Trinajstić information content (AvgIpc) is 2.89. The standard InChI is InChI=1S/C21H28N2O5S/c1-20(11-12-29(26,27)14-20)22-18(24)15-7-9-21(10-8-15)13-23(2)19(25)16-5-3-4-6-17(16)28-21/h3-6,15H,7-14H2,1-2H3,(H,22,24). The van der Waals surface area contributed by atoms with E-state index in [1.807, 2.05) is 25.1 Å². The van der Waals surface area contributed by atoms with Crippen LogP contribution in [0.5, 0.6) is 5.75 Å². The minimum Gasteiger partial charge on any atom is -0.485 e. The number of nitrogens with one attached hydrogen (secondary N) is 1. The molecule has 1 saturated carbocycles. The van der Waals surface area contributed by atoms with E-state index < -0.39 is 21.0 Å². The number of fused-ring (bicyclic) bond motifs is 1.